The van der Waals surface area contributed by atoms with Gasteiger partial charge in [-0.1, -0.05) is 56.4 Å². The van der Waals surface area contributed by atoms with E-state index in [0.717, 1.165) is 44.1 Å². The van der Waals surface area contributed by atoms with Crippen LogP contribution < -0.4 is 0 Å². The number of carbonyl (C=O) groups is 2. The highest BCUT2D eigenvalue weighted by Gasteiger charge is 2.62. The van der Waals surface area contributed by atoms with Crippen molar-refractivity contribution >= 4 is 19.6 Å². The van der Waals surface area contributed by atoms with Crippen molar-refractivity contribution in [2.45, 2.75) is 96.4 Å². The van der Waals surface area contributed by atoms with E-state index in [4.69, 9.17) is 0 Å². The average molecular weight is 501 g/mol. The Morgan fingerprint density at radius 1 is 1.11 bits per heavy atom. The number of rotatable bonds is 3. The number of ketones is 2. The Bertz CT molecular complexity index is 1220. The zero-order valence-corrected chi connectivity index (χ0v) is 23.5. The van der Waals surface area contributed by atoms with Crippen molar-refractivity contribution in [2.24, 2.45) is 17.3 Å². The van der Waals surface area contributed by atoms with Crippen molar-refractivity contribution in [3.63, 3.8) is 0 Å². The molecule has 5 rings (SSSR count). The Balaban J connectivity index is 1.61. The third-order valence-electron chi connectivity index (χ3n) is 9.62. The molecule has 0 aliphatic heterocycles. The first kappa shape index (κ1) is 25.4. The maximum atomic E-state index is 12.2. The van der Waals surface area contributed by atoms with Crippen LogP contribution in [0.15, 0.2) is 47.1 Å². The molecule has 0 amide bonds. The molecule has 0 spiro atoms. The molecule has 4 aliphatic carbocycles. The van der Waals surface area contributed by atoms with E-state index in [1.807, 2.05) is 18.2 Å². The number of Topliss-reactive ketones (excluding diaryl/α,β-unsaturated/α-hetero) is 1. The van der Waals surface area contributed by atoms with Crippen LogP contribution in [0.3, 0.4) is 0 Å². The number of aliphatic hydroxyl groups is 1. The molecule has 2 saturated carbocycles. The van der Waals surface area contributed by atoms with Crippen LogP contribution in [0.5, 0.6) is 0 Å². The van der Waals surface area contributed by atoms with Gasteiger partial charge in [0, 0.05) is 29.7 Å². The van der Waals surface area contributed by atoms with Crippen LogP contribution in [0.4, 0.5) is 0 Å². The van der Waals surface area contributed by atoms with E-state index in [0.29, 0.717) is 24.7 Å². The van der Waals surface area contributed by atoms with Crippen LogP contribution in [0, 0.1) is 28.7 Å². The van der Waals surface area contributed by atoms with E-state index in [2.05, 4.69) is 50.2 Å². The third kappa shape index (κ3) is 4.29. The molecule has 5 atom stereocenters. The number of hydrogen-bond donors (Lipinski definition) is 1. The van der Waals surface area contributed by atoms with Crippen molar-refractivity contribution in [3.8, 4) is 11.5 Å². The predicted molar refractivity (Wildman–Crippen MR) is 147 cm³/mol. The molecule has 2 fully saturated rings. The molecule has 3 nitrogen and oxygen atoms in total. The number of benzene rings is 1. The van der Waals surface area contributed by atoms with Gasteiger partial charge in [0.05, 0.1) is 5.60 Å². The molecule has 36 heavy (non-hydrogen) atoms. The summed E-state index contributed by atoms with van der Waals surface area (Å²) in [5.74, 6) is 4.83. The Morgan fingerprint density at radius 2 is 1.83 bits per heavy atom. The molecule has 0 aromatic heterocycles. The molecule has 0 bridgehead atoms. The van der Waals surface area contributed by atoms with Gasteiger partial charge in [0.15, 0.2) is 11.6 Å². The monoisotopic (exact) mass is 500 g/mol. The highest BCUT2D eigenvalue weighted by molar-refractivity contribution is 6.83. The molecular formula is C32H40O3Si. The van der Waals surface area contributed by atoms with Gasteiger partial charge in [0.2, 0.25) is 0 Å². The number of hydrogen-bond acceptors (Lipinski definition) is 3. The minimum absolute atomic E-state index is 0.0805. The average Bonchev–Trinajstić information content (AvgIpc) is 3.07. The summed E-state index contributed by atoms with van der Waals surface area (Å²) in [5, 5.41) is 12.2. The van der Waals surface area contributed by atoms with E-state index < -0.39 is 13.7 Å². The molecule has 4 aliphatic rings. The van der Waals surface area contributed by atoms with E-state index in [1.165, 1.54) is 22.3 Å². The van der Waals surface area contributed by atoms with Crippen molar-refractivity contribution < 1.29 is 14.7 Å². The second-order valence-corrected chi connectivity index (χ2v) is 17.7. The van der Waals surface area contributed by atoms with Gasteiger partial charge >= 0.3 is 0 Å². The molecule has 1 aromatic rings. The topological polar surface area (TPSA) is 54.4 Å². The molecule has 0 unspecified atom stereocenters. The quantitative estimate of drug-likeness (QED) is 0.282. The summed E-state index contributed by atoms with van der Waals surface area (Å²) in [7, 11) is -1.51. The fourth-order valence-electron chi connectivity index (χ4n) is 7.75. The summed E-state index contributed by atoms with van der Waals surface area (Å²) in [6, 6.07) is 8.16. The van der Waals surface area contributed by atoms with Gasteiger partial charge in [0.25, 0.3) is 0 Å². The predicted octanol–water partition coefficient (Wildman–Crippen LogP) is 6.79. The van der Waals surface area contributed by atoms with Gasteiger partial charge in [-0.3, -0.25) is 9.59 Å². The number of allylic oxidation sites excluding steroid dienone is 4. The number of carbonyl (C=O) groups excluding carboxylic acids is 2. The SMILES string of the molecule is CC(=O)c1ccc([C@H]2C[C@@]3(C)[C@H](CC[C@]3(O)CC#C[Si](C)(C)C)[C@@H]3CCC4=CC(=O)CCC4=C32)cc1. The summed E-state index contributed by atoms with van der Waals surface area (Å²) in [6.07, 6.45) is 8.65. The van der Waals surface area contributed by atoms with Crippen molar-refractivity contribution in [1.82, 2.24) is 0 Å². The molecule has 0 saturated heterocycles. The first-order valence-corrected chi connectivity index (χ1v) is 17.2. The first-order valence-electron chi connectivity index (χ1n) is 13.7. The minimum Gasteiger partial charge on any atom is -0.388 e. The summed E-state index contributed by atoms with van der Waals surface area (Å²) in [5.41, 5.74) is 8.65. The lowest BCUT2D eigenvalue weighted by Crippen LogP contribution is -2.51. The Hall–Kier alpha value is -2.22. The van der Waals surface area contributed by atoms with E-state index >= 15 is 0 Å². The van der Waals surface area contributed by atoms with Crippen molar-refractivity contribution in [2.75, 3.05) is 0 Å². The lowest BCUT2D eigenvalue weighted by Gasteiger charge is -2.54. The molecule has 190 valence electrons. The molecule has 1 aromatic carbocycles. The highest BCUT2D eigenvalue weighted by atomic mass is 28.3. The second-order valence-electron chi connectivity index (χ2n) is 13.0. The maximum absolute atomic E-state index is 12.2. The molecule has 0 radical (unpaired) electrons. The smallest absolute Gasteiger partial charge is 0.159 e. The van der Waals surface area contributed by atoms with Crippen LogP contribution in [0.1, 0.15) is 87.1 Å². The van der Waals surface area contributed by atoms with Crippen LogP contribution in [0.2, 0.25) is 19.6 Å². The maximum Gasteiger partial charge on any atom is 0.159 e. The van der Waals surface area contributed by atoms with Crippen LogP contribution in [-0.2, 0) is 4.79 Å². The summed E-state index contributed by atoms with van der Waals surface area (Å²) in [6.45, 7) is 10.7. The Labute approximate surface area is 217 Å². The van der Waals surface area contributed by atoms with Gasteiger partial charge in [-0.25, -0.2) is 0 Å². The van der Waals surface area contributed by atoms with Gasteiger partial charge in [-0.2, -0.15) is 0 Å². The van der Waals surface area contributed by atoms with E-state index in [1.54, 1.807) is 6.92 Å². The molecule has 4 heteroatoms. The van der Waals surface area contributed by atoms with Crippen LogP contribution >= 0.6 is 0 Å². The van der Waals surface area contributed by atoms with Crippen molar-refractivity contribution in [3.05, 3.63) is 58.2 Å². The standard InChI is InChI=1S/C32H40O3Si/c1-21(33)22-7-9-23(10-8-22)28-20-31(2)29(15-17-32(31,35)16-6-18-36(3,4)5)27-13-11-24-19-25(34)12-14-26(24)30(27)28/h7-10,19,27-29,35H,11-17,20H2,1-5H3/t27-,28+,29+,31-,32+/m0/s1. The summed E-state index contributed by atoms with van der Waals surface area (Å²) in [4.78, 5) is 24.2. The molecule has 0 heterocycles. The summed E-state index contributed by atoms with van der Waals surface area (Å²) < 4.78 is 0. The van der Waals surface area contributed by atoms with Gasteiger partial charge in [-0.05, 0) is 80.1 Å². The number of fused-ring (bicyclic) bond motifs is 4. The van der Waals surface area contributed by atoms with Gasteiger partial charge in [-0.15, -0.1) is 11.5 Å². The van der Waals surface area contributed by atoms with E-state index in [-0.39, 0.29) is 22.9 Å². The Kier molecular flexibility index (Phi) is 6.33. The zero-order chi connectivity index (χ0) is 25.9. The lowest BCUT2D eigenvalue weighted by molar-refractivity contribution is -0.114. The largest absolute Gasteiger partial charge is 0.388 e. The minimum atomic E-state index is -1.51. The first-order chi connectivity index (χ1) is 16.9. The van der Waals surface area contributed by atoms with E-state index in [9.17, 15) is 14.7 Å². The highest BCUT2D eigenvalue weighted by Crippen LogP contribution is 2.67. The Morgan fingerprint density at radius 3 is 2.50 bits per heavy atom. The fourth-order valence-corrected chi connectivity index (χ4v) is 8.37. The molecular weight excluding hydrogens is 460 g/mol. The molecule has 1 N–H and O–H groups in total. The van der Waals surface area contributed by atoms with Crippen LogP contribution in [-0.4, -0.2) is 30.3 Å². The summed E-state index contributed by atoms with van der Waals surface area (Å²) >= 11 is 0. The van der Waals surface area contributed by atoms with Crippen LogP contribution in [0.25, 0.3) is 0 Å². The lowest BCUT2D eigenvalue weighted by atomic mass is 9.51. The van der Waals surface area contributed by atoms with Crippen molar-refractivity contribution in [1.29, 1.82) is 0 Å². The zero-order valence-electron chi connectivity index (χ0n) is 22.5. The second kappa shape index (κ2) is 8.96. The van der Waals surface area contributed by atoms with Gasteiger partial charge in [0.1, 0.15) is 8.07 Å². The third-order valence-corrected chi connectivity index (χ3v) is 10.5. The van der Waals surface area contributed by atoms with Gasteiger partial charge < -0.3 is 5.11 Å². The normalized spacial score (nSPS) is 33.7. The fraction of sp³-hybridized carbons (Fsp3) is 0.562.